The maximum absolute atomic E-state index is 13.4. The molecular formula is C21H17F6N5O2. The molecule has 7 nitrogen and oxygen atoms in total. The Hall–Kier alpha value is -3.38. The Labute approximate surface area is 188 Å². The summed E-state index contributed by atoms with van der Waals surface area (Å²) in [7, 11) is 0. The molecule has 1 saturated carbocycles. The molecule has 0 aromatic carbocycles. The highest BCUT2D eigenvalue weighted by Gasteiger charge is 2.47. The van der Waals surface area contributed by atoms with Crippen LogP contribution in [0.5, 0.6) is 0 Å². The number of nitrogens with zero attached hydrogens (tertiary/aromatic N) is 4. The van der Waals surface area contributed by atoms with E-state index >= 15 is 0 Å². The first kappa shape index (κ1) is 22.4. The fourth-order valence-electron chi connectivity index (χ4n) is 4.08. The number of fused-ring (bicyclic) bond motifs is 1. The predicted molar refractivity (Wildman–Crippen MR) is 103 cm³/mol. The van der Waals surface area contributed by atoms with Crippen LogP contribution in [0.4, 0.5) is 26.3 Å². The molecular weight excluding hydrogens is 468 g/mol. The van der Waals surface area contributed by atoms with Crippen LogP contribution >= 0.6 is 0 Å². The number of carbonyl (C=O) groups is 1. The highest BCUT2D eigenvalue weighted by atomic mass is 19.4. The van der Waals surface area contributed by atoms with E-state index in [4.69, 9.17) is 4.42 Å². The van der Waals surface area contributed by atoms with Gasteiger partial charge in [0.2, 0.25) is 5.89 Å². The minimum atomic E-state index is -5.45. The average molecular weight is 485 g/mol. The number of oxazole rings is 1. The number of aryl methyl sites for hydroxylation is 1. The average Bonchev–Trinajstić information content (AvgIpc) is 3.33. The number of halogens is 6. The molecule has 0 saturated heterocycles. The van der Waals surface area contributed by atoms with Crippen LogP contribution < -0.4 is 5.32 Å². The maximum atomic E-state index is 13.4. The summed E-state index contributed by atoms with van der Waals surface area (Å²) in [5, 5.41) is 5.13. The largest absolute Gasteiger partial charge is 0.505 e. The molecule has 1 amide bonds. The van der Waals surface area contributed by atoms with Crippen molar-refractivity contribution in [1.82, 2.24) is 25.1 Å². The van der Waals surface area contributed by atoms with Crippen LogP contribution in [0.25, 0.3) is 11.5 Å². The molecule has 1 fully saturated rings. The Bertz CT molecular complexity index is 1240. The molecule has 13 heteroatoms. The molecule has 3 heterocycles. The zero-order valence-electron chi connectivity index (χ0n) is 17.4. The first-order valence-corrected chi connectivity index (χ1v) is 10.5. The van der Waals surface area contributed by atoms with Crippen molar-refractivity contribution in [2.24, 2.45) is 0 Å². The molecule has 1 N–H and O–H groups in total. The van der Waals surface area contributed by atoms with Gasteiger partial charge in [-0.1, -0.05) is 0 Å². The van der Waals surface area contributed by atoms with E-state index in [-0.39, 0.29) is 12.1 Å². The molecule has 180 valence electrons. The topological polar surface area (TPSA) is 85.8 Å². The molecule has 0 bridgehead atoms. The second kappa shape index (κ2) is 7.84. The van der Waals surface area contributed by atoms with E-state index in [1.165, 1.54) is 0 Å². The normalized spacial score (nSPS) is 18.6. The number of hydrogen-bond donors (Lipinski definition) is 1. The summed E-state index contributed by atoms with van der Waals surface area (Å²) < 4.78 is 83.8. The van der Waals surface area contributed by atoms with Crippen molar-refractivity contribution in [1.29, 1.82) is 0 Å². The monoisotopic (exact) mass is 485 g/mol. The van der Waals surface area contributed by atoms with Crippen LogP contribution in [0.15, 0.2) is 28.9 Å². The minimum absolute atomic E-state index is 0.264. The van der Waals surface area contributed by atoms with Gasteiger partial charge in [-0.3, -0.25) is 9.78 Å². The lowest BCUT2D eigenvalue weighted by molar-refractivity contribution is -0.229. The lowest BCUT2D eigenvalue weighted by atomic mass is 9.96. The van der Waals surface area contributed by atoms with E-state index in [1.807, 2.05) is 6.07 Å². The number of rotatable bonds is 4. The van der Waals surface area contributed by atoms with Gasteiger partial charge in [-0.05, 0) is 37.8 Å². The molecule has 3 aromatic heterocycles. The smallest absolute Gasteiger partial charge is 0.441 e. The van der Waals surface area contributed by atoms with E-state index in [0.29, 0.717) is 42.2 Å². The third-order valence-corrected chi connectivity index (χ3v) is 5.81. The lowest BCUT2D eigenvalue weighted by Gasteiger charge is -2.21. The SMILES string of the molecule is O=C(NC1CCCc2oc(-c3ccnc(C4CC4)c3)nc21)c1cnn(C(F)(F)F)c1C(F)(F)F. The maximum Gasteiger partial charge on any atom is 0.505 e. The van der Waals surface area contributed by atoms with Gasteiger partial charge in [0.25, 0.3) is 5.91 Å². The summed E-state index contributed by atoms with van der Waals surface area (Å²) in [4.78, 5) is 21.4. The number of carbonyl (C=O) groups excluding carboxylic acids is 1. The molecule has 2 aliphatic rings. The fourth-order valence-corrected chi connectivity index (χ4v) is 4.08. The molecule has 5 rings (SSSR count). The van der Waals surface area contributed by atoms with E-state index < -0.39 is 40.4 Å². The number of aromatic nitrogens is 4. The summed E-state index contributed by atoms with van der Waals surface area (Å²) in [5.74, 6) is -0.170. The zero-order valence-corrected chi connectivity index (χ0v) is 17.4. The molecule has 3 aromatic rings. The van der Waals surface area contributed by atoms with Crippen molar-refractivity contribution >= 4 is 5.91 Å². The number of pyridine rings is 1. The van der Waals surface area contributed by atoms with Gasteiger partial charge in [-0.25, -0.2) is 4.98 Å². The second-order valence-electron chi connectivity index (χ2n) is 8.27. The van der Waals surface area contributed by atoms with E-state index in [1.54, 1.807) is 12.3 Å². The molecule has 0 radical (unpaired) electrons. The number of amides is 1. The van der Waals surface area contributed by atoms with E-state index in [2.05, 4.69) is 20.4 Å². The van der Waals surface area contributed by atoms with Gasteiger partial charge in [0, 0.05) is 29.8 Å². The van der Waals surface area contributed by atoms with Crippen LogP contribution in [0.3, 0.4) is 0 Å². The molecule has 1 atom stereocenters. The summed E-state index contributed by atoms with van der Waals surface area (Å²) in [6.07, 6.45) is -5.48. The number of hydrogen-bond acceptors (Lipinski definition) is 5. The first-order chi connectivity index (χ1) is 16.0. The second-order valence-corrected chi connectivity index (χ2v) is 8.27. The van der Waals surface area contributed by atoms with Crippen LogP contribution in [-0.2, 0) is 18.9 Å². The van der Waals surface area contributed by atoms with Gasteiger partial charge >= 0.3 is 12.5 Å². The van der Waals surface area contributed by atoms with Gasteiger partial charge < -0.3 is 9.73 Å². The van der Waals surface area contributed by atoms with Crippen molar-refractivity contribution in [2.75, 3.05) is 0 Å². The summed E-state index contributed by atoms with van der Waals surface area (Å²) in [6, 6.07) is 2.76. The zero-order chi connectivity index (χ0) is 24.3. The lowest BCUT2D eigenvalue weighted by Crippen LogP contribution is -2.33. The van der Waals surface area contributed by atoms with Gasteiger partial charge in [0.05, 0.1) is 17.8 Å². The third kappa shape index (κ3) is 4.14. The van der Waals surface area contributed by atoms with Gasteiger partial charge in [-0.15, -0.1) is 13.2 Å². The van der Waals surface area contributed by atoms with Crippen LogP contribution in [-0.4, -0.2) is 25.7 Å². The highest BCUT2D eigenvalue weighted by molar-refractivity contribution is 5.95. The summed E-state index contributed by atoms with van der Waals surface area (Å²) in [6.45, 7) is 0. The predicted octanol–water partition coefficient (Wildman–Crippen LogP) is 5.11. The third-order valence-electron chi connectivity index (χ3n) is 5.81. The molecule has 34 heavy (non-hydrogen) atoms. The standard InChI is InChI=1S/C21H17F6N5O2/c22-20(23,24)17-12(9-29-32(17)21(25,26)27)18(33)30-13-2-1-3-15-16(13)31-19(34-15)11-6-7-28-14(8-11)10-4-5-10/h6-10,13H,1-5H2,(H,30,33). The van der Waals surface area contributed by atoms with Crippen LogP contribution in [0.2, 0.25) is 0 Å². The Kier molecular flexibility index (Phi) is 5.17. The Morgan fingerprint density at radius 3 is 2.59 bits per heavy atom. The Morgan fingerprint density at radius 2 is 1.91 bits per heavy atom. The van der Waals surface area contributed by atoms with Crippen molar-refractivity contribution in [3.05, 3.63) is 52.9 Å². The Balaban J connectivity index is 1.43. The van der Waals surface area contributed by atoms with Crippen molar-refractivity contribution in [2.45, 2.75) is 56.5 Å². The number of nitrogens with one attached hydrogen (secondary N) is 1. The number of alkyl halides is 6. The van der Waals surface area contributed by atoms with E-state index in [0.717, 1.165) is 18.5 Å². The van der Waals surface area contributed by atoms with Gasteiger partial charge in [0.1, 0.15) is 11.5 Å². The summed E-state index contributed by atoms with van der Waals surface area (Å²) in [5.41, 5.74) is -1.46. The van der Waals surface area contributed by atoms with Crippen LogP contribution in [0.1, 0.15) is 70.8 Å². The highest BCUT2D eigenvalue weighted by Crippen LogP contribution is 2.41. The van der Waals surface area contributed by atoms with Gasteiger partial charge in [-0.2, -0.15) is 23.0 Å². The van der Waals surface area contributed by atoms with E-state index in [9.17, 15) is 31.1 Å². The van der Waals surface area contributed by atoms with Crippen molar-refractivity contribution in [3.63, 3.8) is 0 Å². The Morgan fingerprint density at radius 1 is 1.15 bits per heavy atom. The molecule has 1 unspecified atom stereocenters. The molecule has 0 aliphatic heterocycles. The van der Waals surface area contributed by atoms with Crippen molar-refractivity contribution in [3.8, 4) is 11.5 Å². The minimum Gasteiger partial charge on any atom is -0.441 e. The first-order valence-electron chi connectivity index (χ1n) is 10.5. The molecule has 0 spiro atoms. The summed E-state index contributed by atoms with van der Waals surface area (Å²) >= 11 is 0. The molecule has 2 aliphatic carbocycles. The van der Waals surface area contributed by atoms with Crippen molar-refractivity contribution < 1.29 is 35.6 Å². The van der Waals surface area contributed by atoms with Crippen LogP contribution in [0, 0.1) is 0 Å². The van der Waals surface area contributed by atoms with Gasteiger partial charge in [0.15, 0.2) is 5.69 Å². The fraction of sp³-hybridized carbons (Fsp3) is 0.429. The quantitative estimate of drug-likeness (QED) is 0.519.